The molecule has 0 aromatic rings. The largest absolute Gasteiger partial charge is 0.338 e. The zero-order chi connectivity index (χ0) is 8.72. The van der Waals surface area contributed by atoms with E-state index in [1.165, 1.54) is 6.42 Å². The predicted molar refractivity (Wildman–Crippen MR) is 48.2 cm³/mol. The van der Waals surface area contributed by atoms with Gasteiger partial charge < -0.3 is 4.90 Å². The van der Waals surface area contributed by atoms with Gasteiger partial charge in [-0.05, 0) is 25.2 Å². The van der Waals surface area contributed by atoms with Gasteiger partial charge in [-0.3, -0.25) is 4.79 Å². The highest BCUT2D eigenvalue weighted by atomic mass is 35.5. The summed E-state index contributed by atoms with van der Waals surface area (Å²) in [5.41, 5.74) is 0. The topological polar surface area (TPSA) is 20.3 Å². The predicted octanol–water partition coefficient (Wildman–Crippen LogP) is 1.62. The van der Waals surface area contributed by atoms with Crippen molar-refractivity contribution in [1.82, 2.24) is 4.90 Å². The van der Waals surface area contributed by atoms with Crippen molar-refractivity contribution in [3.63, 3.8) is 0 Å². The van der Waals surface area contributed by atoms with Gasteiger partial charge in [-0.1, -0.05) is 0 Å². The minimum atomic E-state index is 0.190. The molecule has 68 valence electrons. The van der Waals surface area contributed by atoms with Crippen molar-refractivity contribution in [2.24, 2.45) is 5.92 Å². The van der Waals surface area contributed by atoms with Gasteiger partial charge in [-0.15, -0.1) is 11.6 Å². The van der Waals surface area contributed by atoms with E-state index >= 15 is 0 Å². The highest BCUT2D eigenvalue weighted by Crippen LogP contribution is 2.37. The first-order valence-corrected chi connectivity index (χ1v) is 5.03. The minimum Gasteiger partial charge on any atom is -0.338 e. The van der Waals surface area contributed by atoms with Crippen molar-refractivity contribution in [1.29, 1.82) is 0 Å². The fourth-order valence-electron chi connectivity index (χ4n) is 2.46. The molecule has 2 nitrogen and oxygen atoms in total. The van der Waals surface area contributed by atoms with Crippen LogP contribution in [0.5, 0.6) is 0 Å². The Labute approximate surface area is 77.9 Å². The summed E-state index contributed by atoms with van der Waals surface area (Å²) < 4.78 is 0. The molecule has 12 heavy (non-hydrogen) atoms. The van der Waals surface area contributed by atoms with Crippen LogP contribution in [0.4, 0.5) is 0 Å². The van der Waals surface area contributed by atoms with Crippen LogP contribution in [0.2, 0.25) is 0 Å². The van der Waals surface area contributed by atoms with Crippen LogP contribution < -0.4 is 0 Å². The molecule has 1 saturated heterocycles. The molecule has 0 N–H and O–H groups in total. The van der Waals surface area contributed by atoms with E-state index in [-0.39, 0.29) is 11.3 Å². The Morgan fingerprint density at radius 3 is 2.92 bits per heavy atom. The molecule has 0 aromatic carbocycles. The van der Waals surface area contributed by atoms with Gasteiger partial charge >= 0.3 is 0 Å². The highest BCUT2D eigenvalue weighted by Gasteiger charge is 2.41. The van der Waals surface area contributed by atoms with Crippen LogP contribution in [0, 0.1) is 5.92 Å². The third-order valence-electron chi connectivity index (χ3n) is 3.10. The second kappa shape index (κ2) is 2.91. The number of halogens is 1. The fourth-order valence-corrected chi connectivity index (χ4v) is 2.82. The summed E-state index contributed by atoms with van der Waals surface area (Å²) in [4.78, 5) is 13.2. The van der Waals surface area contributed by atoms with E-state index < -0.39 is 0 Å². The molecule has 1 aliphatic carbocycles. The Morgan fingerprint density at radius 1 is 1.50 bits per heavy atom. The minimum absolute atomic E-state index is 0.190. The maximum Gasteiger partial charge on any atom is 0.219 e. The first-order chi connectivity index (χ1) is 5.68. The van der Waals surface area contributed by atoms with Crippen LogP contribution in [0.25, 0.3) is 0 Å². The first-order valence-electron chi connectivity index (χ1n) is 4.59. The van der Waals surface area contributed by atoms with Gasteiger partial charge in [0.15, 0.2) is 0 Å². The molecule has 1 heterocycles. The normalized spacial score (nSPS) is 40.2. The van der Waals surface area contributed by atoms with E-state index in [2.05, 4.69) is 0 Å². The van der Waals surface area contributed by atoms with Gasteiger partial charge in [-0.2, -0.15) is 0 Å². The number of likely N-dealkylation sites (tertiary alicyclic amines) is 1. The highest BCUT2D eigenvalue weighted by molar-refractivity contribution is 6.21. The molecule has 2 fully saturated rings. The molecule has 1 amide bonds. The quantitative estimate of drug-likeness (QED) is 0.528. The maximum atomic E-state index is 11.2. The van der Waals surface area contributed by atoms with Crippen LogP contribution in [0.3, 0.4) is 0 Å². The summed E-state index contributed by atoms with van der Waals surface area (Å²) in [5.74, 6) is 0.920. The lowest BCUT2D eigenvalue weighted by atomic mass is 9.90. The van der Waals surface area contributed by atoms with Gasteiger partial charge in [0, 0.05) is 19.5 Å². The number of alkyl halides is 1. The molecule has 3 atom stereocenters. The Hall–Kier alpha value is -0.240. The van der Waals surface area contributed by atoms with E-state index in [0.29, 0.717) is 6.04 Å². The number of carbonyl (C=O) groups excluding carboxylic acids is 1. The Balaban J connectivity index is 2.14. The molecule has 0 radical (unpaired) electrons. The van der Waals surface area contributed by atoms with Crippen LogP contribution in [0.15, 0.2) is 0 Å². The summed E-state index contributed by atoms with van der Waals surface area (Å²) in [6.07, 6.45) is 3.42. The Morgan fingerprint density at radius 2 is 2.25 bits per heavy atom. The molecular weight excluding hydrogens is 174 g/mol. The molecule has 2 bridgehead atoms. The average Bonchev–Trinajstić information content (AvgIpc) is 2.37. The van der Waals surface area contributed by atoms with E-state index in [1.54, 1.807) is 6.92 Å². The third kappa shape index (κ3) is 1.22. The van der Waals surface area contributed by atoms with Crippen LogP contribution in [0.1, 0.15) is 26.2 Å². The Bertz CT molecular complexity index is 207. The van der Waals surface area contributed by atoms with E-state index in [4.69, 9.17) is 11.6 Å². The Kier molecular flexibility index (Phi) is 2.03. The fraction of sp³-hybridized carbons (Fsp3) is 0.889. The van der Waals surface area contributed by atoms with E-state index in [0.717, 1.165) is 25.3 Å². The zero-order valence-corrected chi connectivity index (χ0v) is 8.05. The van der Waals surface area contributed by atoms with Crippen LogP contribution in [-0.4, -0.2) is 28.8 Å². The summed E-state index contributed by atoms with van der Waals surface area (Å²) in [7, 11) is 0. The molecule has 3 heteroatoms. The monoisotopic (exact) mass is 187 g/mol. The molecule has 1 saturated carbocycles. The van der Waals surface area contributed by atoms with Crippen LogP contribution in [-0.2, 0) is 4.79 Å². The smallest absolute Gasteiger partial charge is 0.219 e. The van der Waals surface area contributed by atoms with Gasteiger partial charge in [0.1, 0.15) is 0 Å². The second-order valence-electron chi connectivity index (χ2n) is 3.93. The average molecular weight is 188 g/mol. The SMILES string of the molecule is CC(=O)N1C[C@@H]2CC[C@@H](Cl)[C@@H]1C2. The van der Waals surface area contributed by atoms with Crippen molar-refractivity contribution in [2.75, 3.05) is 6.54 Å². The van der Waals surface area contributed by atoms with Crippen molar-refractivity contribution >= 4 is 17.5 Å². The number of amides is 1. The molecule has 2 rings (SSSR count). The molecule has 0 aromatic heterocycles. The first kappa shape index (κ1) is 8.36. The molecule has 0 unspecified atom stereocenters. The molecule has 0 spiro atoms. The lowest BCUT2D eigenvalue weighted by molar-refractivity contribution is -0.129. The second-order valence-corrected chi connectivity index (χ2v) is 4.49. The molecule has 1 aliphatic heterocycles. The van der Waals surface area contributed by atoms with Crippen molar-refractivity contribution in [3.05, 3.63) is 0 Å². The number of fused-ring (bicyclic) bond motifs is 2. The standard InChI is InChI=1S/C9H14ClNO/c1-6(12)11-5-7-2-3-8(10)9(11)4-7/h7-9H,2-5H2,1H3/t7-,8-,9+/m1/s1. The van der Waals surface area contributed by atoms with Gasteiger partial charge in [0.2, 0.25) is 5.91 Å². The summed E-state index contributed by atoms with van der Waals surface area (Å²) >= 11 is 6.15. The number of hydrogen-bond donors (Lipinski definition) is 0. The third-order valence-corrected chi connectivity index (χ3v) is 3.61. The number of nitrogens with zero attached hydrogens (tertiary/aromatic N) is 1. The summed E-state index contributed by atoms with van der Waals surface area (Å²) in [6.45, 7) is 2.59. The lowest BCUT2D eigenvalue weighted by Crippen LogP contribution is -2.39. The maximum absolute atomic E-state index is 11.2. The van der Waals surface area contributed by atoms with Gasteiger partial charge in [-0.25, -0.2) is 0 Å². The summed E-state index contributed by atoms with van der Waals surface area (Å²) in [5, 5.41) is 0.202. The van der Waals surface area contributed by atoms with Crippen molar-refractivity contribution in [3.8, 4) is 0 Å². The van der Waals surface area contributed by atoms with E-state index in [1.807, 2.05) is 4.90 Å². The molecule has 2 aliphatic rings. The van der Waals surface area contributed by atoms with Gasteiger partial charge in [0.05, 0.1) is 5.38 Å². The van der Waals surface area contributed by atoms with Crippen molar-refractivity contribution < 1.29 is 4.79 Å². The molecular formula is C9H14ClNO. The number of hydrogen-bond acceptors (Lipinski definition) is 1. The van der Waals surface area contributed by atoms with Crippen LogP contribution >= 0.6 is 11.6 Å². The van der Waals surface area contributed by atoms with E-state index in [9.17, 15) is 4.79 Å². The number of rotatable bonds is 0. The zero-order valence-electron chi connectivity index (χ0n) is 7.29. The van der Waals surface area contributed by atoms with Crippen molar-refractivity contribution in [2.45, 2.75) is 37.6 Å². The summed E-state index contributed by atoms with van der Waals surface area (Å²) in [6, 6.07) is 0.336. The van der Waals surface area contributed by atoms with Gasteiger partial charge in [0.25, 0.3) is 0 Å². The number of carbonyl (C=O) groups is 1. The lowest BCUT2D eigenvalue weighted by Gasteiger charge is -2.27.